The Hall–Kier alpha value is -1.55. The monoisotopic (exact) mass is 328 g/mol. The summed E-state index contributed by atoms with van der Waals surface area (Å²) in [6.07, 6.45) is 5.88. The number of methoxy groups -OCH3 is 1. The molecule has 1 N–H and O–H groups in total. The Labute approximate surface area is 144 Å². The number of ether oxygens (including phenoxy) is 1. The first kappa shape index (κ1) is 15.9. The van der Waals surface area contributed by atoms with E-state index in [1.807, 2.05) is 12.1 Å². The van der Waals surface area contributed by atoms with Gasteiger partial charge in [-0.2, -0.15) is 0 Å². The summed E-state index contributed by atoms with van der Waals surface area (Å²) >= 11 is 0. The van der Waals surface area contributed by atoms with Crippen LogP contribution in [0.25, 0.3) is 0 Å². The lowest BCUT2D eigenvalue weighted by molar-refractivity contribution is -0.138. The zero-order valence-corrected chi connectivity index (χ0v) is 14.5. The standard InChI is InChI=1S/C20H28N2O2/c1-24-17-9-7-14(8-10-17)19-18-12-21-11-16(18)13-22(19)20(23)15-5-3-2-4-6-15/h7-10,15-16,18-19,21H,2-6,11-13H2,1H3/t16-,18-,19+/m0/s1. The topological polar surface area (TPSA) is 41.6 Å². The lowest BCUT2D eigenvalue weighted by atomic mass is 9.87. The Bertz CT molecular complexity index is 580. The summed E-state index contributed by atoms with van der Waals surface area (Å²) in [5.74, 6) is 2.69. The maximum atomic E-state index is 13.2. The molecule has 4 heteroatoms. The van der Waals surface area contributed by atoms with Crippen LogP contribution in [0.1, 0.15) is 43.7 Å². The van der Waals surface area contributed by atoms with Crippen molar-refractivity contribution in [3.8, 4) is 5.75 Å². The summed E-state index contributed by atoms with van der Waals surface area (Å²) in [5, 5.41) is 3.52. The molecule has 3 fully saturated rings. The smallest absolute Gasteiger partial charge is 0.226 e. The summed E-state index contributed by atoms with van der Waals surface area (Å²) < 4.78 is 5.30. The summed E-state index contributed by atoms with van der Waals surface area (Å²) in [5.41, 5.74) is 1.26. The van der Waals surface area contributed by atoms with Crippen molar-refractivity contribution in [3.05, 3.63) is 29.8 Å². The Balaban J connectivity index is 1.60. The second-order valence-electron chi connectivity index (χ2n) is 7.63. The van der Waals surface area contributed by atoms with Gasteiger partial charge in [0.15, 0.2) is 0 Å². The third kappa shape index (κ3) is 2.81. The fraction of sp³-hybridized carbons (Fsp3) is 0.650. The van der Waals surface area contributed by atoms with E-state index >= 15 is 0 Å². The molecule has 4 nitrogen and oxygen atoms in total. The van der Waals surface area contributed by atoms with Crippen molar-refractivity contribution in [1.29, 1.82) is 0 Å². The van der Waals surface area contributed by atoms with Crippen molar-refractivity contribution >= 4 is 5.91 Å². The number of likely N-dealkylation sites (tertiary alicyclic amines) is 1. The van der Waals surface area contributed by atoms with Crippen LogP contribution in [0, 0.1) is 17.8 Å². The maximum absolute atomic E-state index is 13.2. The third-order valence-corrected chi connectivity index (χ3v) is 6.26. The molecule has 3 aliphatic rings. The van der Waals surface area contributed by atoms with Crippen LogP contribution in [0.5, 0.6) is 5.75 Å². The van der Waals surface area contributed by atoms with Crippen molar-refractivity contribution < 1.29 is 9.53 Å². The summed E-state index contributed by atoms with van der Waals surface area (Å²) in [6.45, 7) is 2.99. The molecule has 2 saturated heterocycles. The first-order valence-electron chi connectivity index (χ1n) is 9.43. The van der Waals surface area contributed by atoms with Gasteiger partial charge in [-0.25, -0.2) is 0 Å². The molecule has 1 aromatic carbocycles. The number of carbonyl (C=O) groups excluding carboxylic acids is 1. The molecule has 2 aliphatic heterocycles. The molecule has 24 heavy (non-hydrogen) atoms. The zero-order valence-electron chi connectivity index (χ0n) is 14.5. The van der Waals surface area contributed by atoms with E-state index in [-0.39, 0.29) is 12.0 Å². The van der Waals surface area contributed by atoms with Gasteiger partial charge in [-0.05, 0) is 36.5 Å². The van der Waals surface area contributed by atoms with Gasteiger partial charge in [-0.15, -0.1) is 0 Å². The molecular formula is C20H28N2O2. The molecule has 1 amide bonds. The molecule has 0 bridgehead atoms. The Morgan fingerprint density at radius 3 is 2.58 bits per heavy atom. The minimum Gasteiger partial charge on any atom is -0.497 e. The molecular weight excluding hydrogens is 300 g/mol. The number of hydrogen-bond donors (Lipinski definition) is 1. The van der Waals surface area contributed by atoms with Gasteiger partial charge in [0.25, 0.3) is 0 Å². The lowest BCUT2D eigenvalue weighted by Gasteiger charge is -2.33. The fourth-order valence-electron chi connectivity index (χ4n) is 4.96. The molecule has 1 aliphatic carbocycles. The van der Waals surface area contributed by atoms with Gasteiger partial charge in [0.2, 0.25) is 5.91 Å². The normalized spacial score (nSPS) is 30.4. The molecule has 4 rings (SSSR count). The van der Waals surface area contributed by atoms with E-state index in [1.165, 1.54) is 24.8 Å². The minimum absolute atomic E-state index is 0.227. The number of benzene rings is 1. The van der Waals surface area contributed by atoms with Gasteiger partial charge in [-0.3, -0.25) is 4.79 Å². The zero-order chi connectivity index (χ0) is 16.5. The van der Waals surface area contributed by atoms with Crippen LogP contribution >= 0.6 is 0 Å². The van der Waals surface area contributed by atoms with Crippen molar-refractivity contribution in [2.45, 2.75) is 38.1 Å². The number of rotatable bonds is 3. The quantitative estimate of drug-likeness (QED) is 0.927. The van der Waals surface area contributed by atoms with Crippen LogP contribution in [0.15, 0.2) is 24.3 Å². The van der Waals surface area contributed by atoms with E-state index in [0.717, 1.165) is 38.2 Å². The molecule has 2 heterocycles. The number of nitrogens with one attached hydrogen (secondary N) is 1. The van der Waals surface area contributed by atoms with Crippen LogP contribution in [0.3, 0.4) is 0 Å². The van der Waals surface area contributed by atoms with Crippen LogP contribution < -0.4 is 10.1 Å². The predicted molar refractivity (Wildman–Crippen MR) is 93.9 cm³/mol. The molecule has 0 spiro atoms. The fourth-order valence-corrected chi connectivity index (χ4v) is 4.96. The van der Waals surface area contributed by atoms with Gasteiger partial charge in [-0.1, -0.05) is 31.4 Å². The third-order valence-electron chi connectivity index (χ3n) is 6.26. The maximum Gasteiger partial charge on any atom is 0.226 e. The highest BCUT2D eigenvalue weighted by Gasteiger charge is 2.47. The second kappa shape index (κ2) is 6.75. The van der Waals surface area contributed by atoms with E-state index < -0.39 is 0 Å². The van der Waals surface area contributed by atoms with Crippen LogP contribution in [0.2, 0.25) is 0 Å². The minimum atomic E-state index is 0.227. The number of amides is 1. The van der Waals surface area contributed by atoms with Crippen LogP contribution in [-0.4, -0.2) is 37.6 Å². The van der Waals surface area contributed by atoms with E-state index in [4.69, 9.17) is 4.74 Å². The SMILES string of the molecule is COc1ccc([C@@H]2[C@H]3CNC[C@H]3CN2C(=O)C2CCCCC2)cc1. The molecule has 1 saturated carbocycles. The Kier molecular flexibility index (Phi) is 4.49. The van der Waals surface area contributed by atoms with E-state index in [0.29, 0.717) is 17.7 Å². The predicted octanol–water partition coefficient (Wildman–Crippen LogP) is 2.99. The number of fused-ring (bicyclic) bond motifs is 1. The van der Waals surface area contributed by atoms with Gasteiger partial charge in [0.1, 0.15) is 5.75 Å². The van der Waals surface area contributed by atoms with E-state index in [1.54, 1.807) is 7.11 Å². The van der Waals surface area contributed by atoms with Crippen molar-refractivity contribution in [3.63, 3.8) is 0 Å². The van der Waals surface area contributed by atoms with Gasteiger partial charge in [0, 0.05) is 31.5 Å². The lowest BCUT2D eigenvalue weighted by Crippen LogP contribution is -2.39. The number of hydrogen-bond acceptors (Lipinski definition) is 3. The highest BCUT2D eigenvalue weighted by Crippen LogP contribution is 2.44. The Morgan fingerprint density at radius 2 is 1.88 bits per heavy atom. The average Bonchev–Trinajstić information content (AvgIpc) is 3.23. The van der Waals surface area contributed by atoms with Crippen molar-refractivity contribution in [2.75, 3.05) is 26.7 Å². The molecule has 130 valence electrons. The summed E-state index contributed by atoms with van der Waals surface area (Å²) in [7, 11) is 1.69. The Morgan fingerprint density at radius 1 is 1.12 bits per heavy atom. The van der Waals surface area contributed by atoms with Crippen molar-refractivity contribution in [2.24, 2.45) is 17.8 Å². The molecule has 3 atom stereocenters. The van der Waals surface area contributed by atoms with E-state index in [9.17, 15) is 4.79 Å². The highest BCUT2D eigenvalue weighted by atomic mass is 16.5. The van der Waals surface area contributed by atoms with Crippen LogP contribution in [0.4, 0.5) is 0 Å². The summed E-state index contributed by atoms with van der Waals surface area (Å²) in [4.78, 5) is 15.4. The molecule has 0 unspecified atom stereocenters. The second-order valence-corrected chi connectivity index (χ2v) is 7.63. The first-order valence-corrected chi connectivity index (χ1v) is 9.43. The first-order chi connectivity index (χ1) is 11.8. The van der Waals surface area contributed by atoms with Crippen LogP contribution in [-0.2, 0) is 4.79 Å². The van der Waals surface area contributed by atoms with Gasteiger partial charge in [0.05, 0.1) is 13.2 Å². The van der Waals surface area contributed by atoms with Gasteiger partial charge >= 0.3 is 0 Å². The summed E-state index contributed by atoms with van der Waals surface area (Å²) in [6, 6.07) is 8.56. The van der Waals surface area contributed by atoms with E-state index in [2.05, 4.69) is 22.3 Å². The molecule has 0 aromatic heterocycles. The number of carbonyl (C=O) groups is 1. The molecule has 1 aromatic rings. The van der Waals surface area contributed by atoms with Crippen molar-refractivity contribution in [1.82, 2.24) is 10.2 Å². The molecule has 0 radical (unpaired) electrons. The van der Waals surface area contributed by atoms with Gasteiger partial charge < -0.3 is 15.0 Å². The number of nitrogens with zero attached hydrogens (tertiary/aromatic N) is 1. The largest absolute Gasteiger partial charge is 0.497 e. The average molecular weight is 328 g/mol. The highest BCUT2D eigenvalue weighted by molar-refractivity contribution is 5.80.